The van der Waals surface area contributed by atoms with Gasteiger partial charge in [0.05, 0.1) is 0 Å². The molecule has 1 aromatic rings. The minimum absolute atomic E-state index is 0.611. The van der Waals surface area contributed by atoms with Crippen LogP contribution in [0.1, 0.15) is 0 Å². The number of alkyl halides is 4. The topological polar surface area (TPSA) is 9.23 Å². The third kappa shape index (κ3) is 2.54. The number of benzene rings is 1. The summed E-state index contributed by atoms with van der Waals surface area (Å²) in [6.45, 7) is 0. The highest BCUT2D eigenvalue weighted by Gasteiger charge is 2.45. The average Bonchev–Trinajstić information content (AvgIpc) is 2.11. The summed E-state index contributed by atoms with van der Waals surface area (Å²) >= 11 is 0. The Morgan fingerprint density at radius 2 is 1.53 bits per heavy atom. The zero-order valence-electron chi connectivity index (χ0n) is 6.99. The molecule has 15 heavy (non-hydrogen) atoms. The smallest absolute Gasteiger partial charge is 0.422 e. The first-order valence-corrected chi connectivity index (χ1v) is 3.63. The van der Waals surface area contributed by atoms with E-state index in [0.29, 0.717) is 12.1 Å². The lowest BCUT2D eigenvalue weighted by Crippen LogP contribution is -2.34. The summed E-state index contributed by atoms with van der Waals surface area (Å²) in [5.74, 6) is -4.48. The van der Waals surface area contributed by atoms with Crippen molar-refractivity contribution in [1.29, 1.82) is 0 Å². The van der Waals surface area contributed by atoms with Crippen molar-refractivity contribution in [3.05, 3.63) is 29.8 Å². The molecule has 0 spiro atoms. The summed E-state index contributed by atoms with van der Waals surface area (Å²) in [6.07, 6.45) is -9.10. The van der Waals surface area contributed by atoms with Gasteiger partial charge in [0, 0.05) is 0 Å². The van der Waals surface area contributed by atoms with E-state index in [0.717, 1.165) is 6.07 Å². The molecular weight excluding hydrogens is 226 g/mol. The molecule has 0 amide bonds. The van der Waals surface area contributed by atoms with Crippen LogP contribution in [-0.4, -0.2) is 12.5 Å². The summed E-state index contributed by atoms with van der Waals surface area (Å²) in [5, 5.41) is 0. The van der Waals surface area contributed by atoms with E-state index in [1.807, 2.05) is 0 Å². The van der Waals surface area contributed by atoms with E-state index in [1.54, 1.807) is 0 Å². The van der Waals surface area contributed by atoms with Crippen LogP contribution in [0.5, 0.6) is 5.75 Å². The maximum absolute atomic E-state index is 12.7. The molecule has 0 unspecified atom stereocenters. The van der Waals surface area contributed by atoms with E-state index >= 15 is 0 Å². The van der Waals surface area contributed by atoms with Crippen molar-refractivity contribution in [1.82, 2.24) is 0 Å². The molecule has 0 fully saturated rings. The molecule has 0 saturated heterocycles. The van der Waals surface area contributed by atoms with E-state index in [4.69, 9.17) is 0 Å². The number of ether oxygens (including phenoxy) is 1. The molecule has 0 aliphatic heterocycles. The average molecular weight is 230 g/mol. The Morgan fingerprint density at radius 3 is 1.93 bits per heavy atom. The molecule has 0 radical (unpaired) electrons. The van der Waals surface area contributed by atoms with E-state index in [2.05, 4.69) is 4.74 Å². The Kier molecular flexibility index (Phi) is 3.11. The van der Waals surface area contributed by atoms with E-state index in [1.165, 1.54) is 0 Å². The van der Waals surface area contributed by atoms with Crippen molar-refractivity contribution < 1.29 is 31.1 Å². The van der Waals surface area contributed by atoms with Gasteiger partial charge in [-0.2, -0.15) is 17.6 Å². The quantitative estimate of drug-likeness (QED) is 0.724. The second kappa shape index (κ2) is 4.00. The summed E-state index contributed by atoms with van der Waals surface area (Å²) in [4.78, 5) is 0. The van der Waals surface area contributed by atoms with Crippen LogP contribution in [-0.2, 0) is 0 Å². The molecular formula is C8H4F6O. The molecule has 0 aromatic heterocycles. The summed E-state index contributed by atoms with van der Waals surface area (Å²) < 4.78 is 76.5. The maximum atomic E-state index is 12.7. The lowest BCUT2D eigenvalue weighted by Gasteiger charge is -2.17. The van der Waals surface area contributed by atoms with Crippen molar-refractivity contribution in [3.63, 3.8) is 0 Å². The van der Waals surface area contributed by atoms with Crippen LogP contribution in [0.2, 0.25) is 0 Å². The SMILES string of the molecule is Fc1cccc(F)c1OC(F)(F)C(F)F. The fourth-order valence-corrected chi connectivity index (χ4v) is 0.761. The van der Waals surface area contributed by atoms with Crippen LogP contribution in [0.4, 0.5) is 26.3 Å². The van der Waals surface area contributed by atoms with Gasteiger partial charge in [0.2, 0.25) is 0 Å². The lowest BCUT2D eigenvalue weighted by atomic mass is 10.3. The molecule has 0 aliphatic carbocycles. The van der Waals surface area contributed by atoms with Gasteiger partial charge in [-0.15, -0.1) is 0 Å². The van der Waals surface area contributed by atoms with Gasteiger partial charge in [-0.3, -0.25) is 0 Å². The molecule has 84 valence electrons. The van der Waals surface area contributed by atoms with Gasteiger partial charge < -0.3 is 4.74 Å². The molecule has 0 atom stereocenters. The molecule has 1 rings (SSSR count). The number of hydrogen-bond acceptors (Lipinski definition) is 1. The monoisotopic (exact) mass is 230 g/mol. The van der Waals surface area contributed by atoms with Gasteiger partial charge >= 0.3 is 12.5 Å². The highest BCUT2D eigenvalue weighted by atomic mass is 19.3. The van der Waals surface area contributed by atoms with Crippen LogP contribution < -0.4 is 4.74 Å². The van der Waals surface area contributed by atoms with Crippen LogP contribution in [0, 0.1) is 11.6 Å². The van der Waals surface area contributed by atoms with Gasteiger partial charge in [-0.25, -0.2) is 8.78 Å². The molecule has 0 aliphatic rings. The molecule has 0 bridgehead atoms. The highest BCUT2D eigenvalue weighted by molar-refractivity contribution is 5.26. The molecule has 7 heteroatoms. The minimum Gasteiger partial charge on any atom is -0.422 e. The predicted molar refractivity (Wildman–Crippen MR) is 37.9 cm³/mol. The van der Waals surface area contributed by atoms with Gasteiger partial charge in [0.15, 0.2) is 17.4 Å². The van der Waals surface area contributed by atoms with E-state index in [9.17, 15) is 26.3 Å². The van der Waals surface area contributed by atoms with Crippen molar-refractivity contribution >= 4 is 0 Å². The maximum Gasteiger partial charge on any atom is 0.461 e. The number of halogens is 6. The van der Waals surface area contributed by atoms with Crippen molar-refractivity contribution in [2.24, 2.45) is 0 Å². The summed E-state index contributed by atoms with van der Waals surface area (Å²) in [7, 11) is 0. The van der Waals surface area contributed by atoms with Gasteiger partial charge in [0.1, 0.15) is 0 Å². The van der Waals surface area contributed by atoms with Crippen LogP contribution >= 0.6 is 0 Å². The Labute approximate surface area is 80.3 Å². The normalized spacial score (nSPS) is 11.9. The predicted octanol–water partition coefficient (Wildman–Crippen LogP) is 3.20. The molecule has 1 nitrogen and oxygen atoms in total. The molecule has 0 saturated carbocycles. The molecule has 0 N–H and O–H groups in total. The van der Waals surface area contributed by atoms with Crippen molar-refractivity contribution in [2.75, 3.05) is 0 Å². The van der Waals surface area contributed by atoms with E-state index < -0.39 is 29.9 Å². The second-order valence-electron chi connectivity index (χ2n) is 2.52. The zero-order chi connectivity index (χ0) is 11.6. The third-order valence-electron chi connectivity index (χ3n) is 1.41. The second-order valence-corrected chi connectivity index (χ2v) is 2.52. The Hall–Kier alpha value is -1.40. The van der Waals surface area contributed by atoms with Crippen LogP contribution in [0.25, 0.3) is 0 Å². The molecule has 1 aromatic carbocycles. The summed E-state index contributed by atoms with van der Waals surface area (Å²) in [6, 6.07) is 2.11. The Morgan fingerprint density at radius 1 is 1.07 bits per heavy atom. The van der Waals surface area contributed by atoms with Crippen molar-refractivity contribution in [2.45, 2.75) is 12.5 Å². The van der Waals surface area contributed by atoms with Crippen LogP contribution in [0.15, 0.2) is 18.2 Å². The standard InChI is InChI=1S/C8H4F6O/c9-4-2-1-3-5(10)6(4)15-8(13,14)7(11)12/h1-3,7H. The Bertz CT molecular complexity index is 331. The number of para-hydroxylation sites is 1. The first kappa shape index (κ1) is 11.7. The minimum atomic E-state index is -4.93. The molecule has 0 heterocycles. The first-order valence-electron chi connectivity index (χ1n) is 3.63. The fourth-order valence-electron chi connectivity index (χ4n) is 0.761. The number of rotatable bonds is 3. The van der Waals surface area contributed by atoms with Crippen molar-refractivity contribution in [3.8, 4) is 5.75 Å². The highest BCUT2D eigenvalue weighted by Crippen LogP contribution is 2.30. The number of hydrogen-bond donors (Lipinski definition) is 0. The first-order chi connectivity index (χ1) is 6.84. The Balaban J connectivity index is 2.99. The van der Waals surface area contributed by atoms with Gasteiger partial charge in [-0.05, 0) is 12.1 Å². The van der Waals surface area contributed by atoms with Crippen LogP contribution in [0.3, 0.4) is 0 Å². The largest absolute Gasteiger partial charge is 0.461 e. The summed E-state index contributed by atoms with van der Waals surface area (Å²) in [5.41, 5.74) is 0. The van der Waals surface area contributed by atoms with Gasteiger partial charge in [0.25, 0.3) is 0 Å². The third-order valence-corrected chi connectivity index (χ3v) is 1.41. The zero-order valence-corrected chi connectivity index (χ0v) is 6.99. The van der Waals surface area contributed by atoms with Gasteiger partial charge in [-0.1, -0.05) is 6.07 Å². The van der Waals surface area contributed by atoms with E-state index in [-0.39, 0.29) is 0 Å². The fraction of sp³-hybridized carbons (Fsp3) is 0.250. The lowest BCUT2D eigenvalue weighted by molar-refractivity contribution is -0.255.